The molecule has 1 atom stereocenters. The van der Waals surface area contributed by atoms with Gasteiger partial charge < -0.3 is 10.4 Å². The predicted octanol–water partition coefficient (Wildman–Crippen LogP) is -0.399. The molecule has 94 valence electrons. The van der Waals surface area contributed by atoms with Gasteiger partial charge in [-0.1, -0.05) is 5.21 Å². The number of aromatic nitrogens is 3. The minimum Gasteiger partial charge on any atom is -0.480 e. The number of nitrogens with zero attached hydrogens (tertiary/aromatic N) is 3. The number of amides is 1. The average Bonchev–Trinajstić information content (AvgIpc) is 2.76. The molecule has 1 amide bonds. The molecule has 0 saturated carbocycles. The first-order valence-corrected chi connectivity index (χ1v) is 6.38. The summed E-state index contributed by atoms with van der Waals surface area (Å²) in [5.41, 5.74) is 0. The van der Waals surface area contributed by atoms with Gasteiger partial charge in [0.2, 0.25) is 5.91 Å². The van der Waals surface area contributed by atoms with Gasteiger partial charge in [0.05, 0.1) is 6.20 Å². The number of carboxylic acids is 1. The van der Waals surface area contributed by atoms with Crippen molar-refractivity contribution in [3.63, 3.8) is 0 Å². The molecule has 0 bridgehead atoms. The van der Waals surface area contributed by atoms with Crippen molar-refractivity contribution in [1.82, 2.24) is 20.3 Å². The van der Waals surface area contributed by atoms with Crippen LogP contribution in [0.2, 0.25) is 0 Å². The molecule has 0 aromatic carbocycles. The second-order valence-electron chi connectivity index (χ2n) is 3.34. The quantitative estimate of drug-likeness (QED) is 0.690. The largest absolute Gasteiger partial charge is 0.480 e. The first-order chi connectivity index (χ1) is 8.13. The van der Waals surface area contributed by atoms with Gasteiger partial charge in [0, 0.05) is 6.20 Å². The summed E-state index contributed by atoms with van der Waals surface area (Å²) in [5, 5.41) is 18.5. The van der Waals surface area contributed by atoms with E-state index in [4.69, 9.17) is 5.11 Å². The lowest BCUT2D eigenvalue weighted by molar-refractivity contribution is -0.142. The zero-order chi connectivity index (χ0) is 12.7. The molecule has 1 aromatic heterocycles. The first-order valence-electron chi connectivity index (χ1n) is 4.98. The Balaban J connectivity index is 2.43. The number of carbonyl (C=O) groups excluding carboxylic acids is 1. The number of thioether (sulfide) groups is 1. The van der Waals surface area contributed by atoms with Crippen LogP contribution in [0.5, 0.6) is 0 Å². The van der Waals surface area contributed by atoms with Crippen molar-refractivity contribution < 1.29 is 14.7 Å². The Labute approximate surface area is 103 Å². The Morgan fingerprint density at radius 2 is 2.35 bits per heavy atom. The summed E-state index contributed by atoms with van der Waals surface area (Å²) >= 11 is 1.54. The molecular weight excluding hydrogens is 244 g/mol. The summed E-state index contributed by atoms with van der Waals surface area (Å²) < 4.78 is 1.34. The Morgan fingerprint density at radius 1 is 1.59 bits per heavy atom. The van der Waals surface area contributed by atoms with Gasteiger partial charge in [-0.05, 0) is 18.4 Å². The number of carbonyl (C=O) groups is 2. The molecule has 0 aliphatic heterocycles. The van der Waals surface area contributed by atoms with Gasteiger partial charge in [-0.25, -0.2) is 9.48 Å². The SMILES string of the molecule is CSCC[C@H](NC(=O)Cn1ccnn1)C(=O)O. The van der Waals surface area contributed by atoms with Crippen molar-refractivity contribution in [3.05, 3.63) is 12.4 Å². The minimum atomic E-state index is -1.02. The molecule has 0 saturated heterocycles. The van der Waals surface area contributed by atoms with Gasteiger partial charge >= 0.3 is 5.97 Å². The van der Waals surface area contributed by atoms with Gasteiger partial charge in [-0.2, -0.15) is 11.8 Å². The zero-order valence-corrected chi connectivity index (χ0v) is 10.2. The van der Waals surface area contributed by atoms with Crippen molar-refractivity contribution in [3.8, 4) is 0 Å². The molecule has 1 aromatic rings. The van der Waals surface area contributed by atoms with E-state index in [-0.39, 0.29) is 12.5 Å². The standard InChI is InChI=1S/C9H14N4O3S/c1-17-5-2-7(9(15)16)11-8(14)6-13-4-3-10-12-13/h3-4,7H,2,5-6H2,1H3,(H,11,14)(H,15,16)/t7-/m0/s1. The van der Waals surface area contributed by atoms with E-state index in [1.807, 2.05) is 6.26 Å². The summed E-state index contributed by atoms with van der Waals surface area (Å²) in [6.07, 6.45) is 5.28. The Morgan fingerprint density at radius 3 is 2.88 bits per heavy atom. The number of nitrogens with one attached hydrogen (secondary N) is 1. The summed E-state index contributed by atoms with van der Waals surface area (Å²) in [7, 11) is 0. The van der Waals surface area contributed by atoms with Crippen LogP contribution in [-0.4, -0.2) is 50.0 Å². The van der Waals surface area contributed by atoms with E-state index in [0.717, 1.165) is 0 Å². The molecule has 8 heteroatoms. The maximum Gasteiger partial charge on any atom is 0.326 e. The Kier molecular flexibility index (Phi) is 5.47. The lowest BCUT2D eigenvalue weighted by Gasteiger charge is -2.13. The van der Waals surface area contributed by atoms with Gasteiger partial charge in [-0.3, -0.25) is 4.79 Å². The van der Waals surface area contributed by atoms with Crippen LogP contribution < -0.4 is 5.32 Å². The molecule has 1 rings (SSSR count). The molecule has 1 heterocycles. The molecule has 0 fully saturated rings. The fraction of sp³-hybridized carbons (Fsp3) is 0.556. The maximum atomic E-state index is 11.5. The van der Waals surface area contributed by atoms with Crippen molar-refractivity contribution in [2.24, 2.45) is 0 Å². The number of hydrogen-bond acceptors (Lipinski definition) is 5. The summed E-state index contributed by atoms with van der Waals surface area (Å²) in [4.78, 5) is 22.4. The van der Waals surface area contributed by atoms with Crippen molar-refractivity contribution in [2.75, 3.05) is 12.0 Å². The maximum absolute atomic E-state index is 11.5. The molecular formula is C9H14N4O3S. The second-order valence-corrected chi connectivity index (χ2v) is 4.33. The zero-order valence-electron chi connectivity index (χ0n) is 9.37. The van der Waals surface area contributed by atoms with Crippen molar-refractivity contribution in [2.45, 2.75) is 19.0 Å². The highest BCUT2D eigenvalue weighted by Crippen LogP contribution is 2.01. The third kappa shape index (κ3) is 4.85. The number of aliphatic carboxylic acids is 1. The third-order valence-corrected chi connectivity index (χ3v) is 2.67. The summed E-state index contributed by atoms with van der Waals surface area (Å²) in [6, 6.07) is -0.849. The fourth-order valence-corrected chi connectivity index (χ4v) is 1.67. The molecule has 0 aliphatic rings. The Hall–Kier alpha value is -1.57. The highest BCUT2D eigenvalue weighted by Gasteiger charge is 2.19. The normalized spacial score (nSPS) is 12.1. The van der Waals surface area contributed by atoms with Crippen LogP contribution in [0.4, 0.5) is 0 Å². The molecule has 0 spiro atoms. The first kappa shape index (κ1) is 13.5. The van der Waals surface area contributed by atoms with Gasteiger partial charge in [-0.15, -0.1) is 5.10 Å². The lowest BCUT2D eigenvalue weighted by atomic mass is 10.2. The van der Waals surface area contributed by atoms with E-state index in [0.29, 0.717) is 12.2 Å². The molecule has 0 radical (unpaired) electrons. The smallest absolute Gasteiger partial charge is 0.326 e. The van der Waals surface area contributed by atoms with Crippen LogP contribution in [0.15, 0.2) is 12.4 Å². The van der Waals surface area contributed by atoms with Crippen LogP contribution >= 0.6 is 11.8 Å². The van der Waals surface area contributed by atoms with Crippen LogP contribution in [0.1, 0.15) is 6.42 Å². The van der Waals surface area contributed by atoms with Crippen molar-refractivity contribution >= 4 is 23.6 Å². The van der Waals surface area contributed by atoms with Gasteiger partial charge in [0.1, 0.15) is 12.6 Å². The van der Waals surface area contributed by atoms with Gasteiger partial charge in [0.25, 0.3) is 0 Å². The summed E-state index contributed by atoms with van der Waals surface area (Å²) in [5.74, 6) is -0.726. The average molecular weight is 258 g/mol. The van der Waals surface area contributed by atoms with Gasteiger partial charge in [0.15, 0.2) is 0 Å². The van der Waals surface area contributed by atoms with E-state index in [1.54, 1.807) is 0 Å². The van der Waals surface area contributed by atoms with Crippen LogP contribution in [0, 0.1) is 0 Å². The summed E-state index contributed by atoms with van der Waals surface area (Å²) in [6.45, 7) is -0.0248. The molecule has 0 aliphatic carbocycles. The molecule has 17 heavy (non-hydrogen) atoms. The molecule has 2 N–H and O–H groups in total. The topological polar surface area (TPSA) is 97.1 Å². The van der Waals surface area contributed by atoms with E-state index in [1.165, 1.54) is 28.8 Å². The van der Waals surface area contributed by atoms with E-state index in [2.05, 4.69) is 15.6 Å². The number of hydrogen-bond donors (Lipinski definition) is 2. The van der Waals surface area contributed by atoms with Crippen LogP contribution in [0.25, 0.3) is 0 Å². The number of rotatable bonds is 7. The highest BCUT2D eigenvalue weighted by molar-refractivity contribution is 7.98. The monoisotopic (exact) mass is 258 g/mol. The number of carboxylic acid groups (broad SMARTS) is 1. The second kappa shape index (κ2) is 6.89. The van der Waals surface area contributed by atoms with Crippen molar-refractivity contribution in [1.29, 1.82) is 0 Å². The van der Waals surface area contributed by atoms with Crippen LogP contribution in [-0.2, 0) is 16.1 Å². The van der Waals surface area contributed by atoms with E-state index >= 15 is 0 Å². The fourth-order valence-electron chi connectivity index (χ4n) is 1.20. The van der Waals surface area contributed by atoms with E-state index in [9.17, 15) is 9.59 Å². The highest BCUT2D eigenvalue weighted by atomic mass is 32.2. The van der Waals surface area contributed by atoms with E-state index < -0.39 is 12.0 Å². The predicted molar refractivity (Wildman–Crippen MR) is 62.6 cm³/mol. The minimum absolute atomic E-state index is 0.0248. The Bertz CT molecular complexity index is 368. The third-order valence-electron chi connectivity index (χ3n) is 2.02. The molecule has 7 nitrogen and oxygen atoms in total. The van der Waals surface area contributed by atoms with Crippen LogP contribution in [0.3, 0.4) is 0 Å². The molecule has 0 unspecified atom stereocenters. The lowest BCUT2D eigenvalue weighted by Crippen LogP contribution is -2.42.